The molecule has 0 aromatic heterocycles. The molecule has 1 saturated carbocycles. The van der Waals surface area contributed by atoms with E-state index in [2.05, 4.69) is 33.0 Å². The second-order valence-corrected chi connectivity index (χ2v) is 7.49. The Bertz CT molecular complexity index is 314. The Morgan fingerprint density at radius 1 is 1.39 bits per heavy atom. The summed E-state index contributed by atoms with van der Waals surface area (Å²) in [6.45, 7) is 9.28. The topological polar surface area (TPSA) is 24.4 Å². The first-order chi connectivity index (χ1) is 8.54. The lowest BCUT2D eigenvalue weighted by atomic mass is 9.78. The van der Waals surface area contributed by atoms with Crippen LogP contribution in [0.2, 0.25) is 0 Å². The summed E-state index contributed by atoms with van der Waals surface area (Å²) in [4.78, 5) is 5.05. The third kappa shape index (κ3) is 3.23. The molecule has 0 spiro atoms. The maximum absolute atomic E-state index is 5.05. The number of rotatable bonds is 3. The number of thioether (sulfide) groups is 1. The van der Waals surface area contributed by atoms with Crippen LogP contribution in [0.1, 0.15) is 59.8 Å². The maximum Gasteiger partial charge on any atom is 0.157 e. The van der Waals surface area contributed by atoms with Gasteiger partial charge in [-0.05, 0) is 38.0 Å². The van der Waals surface area contributed by atoms with Crippen molar-refractivity contribution in [2.45, 2.75) is 71.4 Å². The summed E-state index contributed by atoms with van der Waals surface area (Å²) in [5, 5.41) is 4.84. The zero-order valence-corrected chi connectivity index (χ0v) is 13.1. The highest BCUT2D eigenvalue weighted by molar-refractivity contribution is 8.14. The fourth-order valence-corrected chi connectivity index (χ4v) is 4.31. The van der Waals surface area contributed by atoms with Gasteiger partial charge in [-0.3, -0.25) is 4.99 Å². The van der Waals surface area contributed by atoms with Gasteiger partial charge in [0.05, 0.1) is 6.04 Å². The SMILES string of the molecule is CCC1(C)CSC(=NC2CCCCC2C(C)C)N1. The van der Waals surface area contributed by atoms with E-state index < -0.39 is 0 Å². The van der Waals surface area contributed by atoms with Crippen LogP contribution in [0, 0.1) is 11.8 Å². The molecular weight excluding hydrogens is 240 g/mol. The molecule has 2 fully saturated rings. The van der Waals surface area contributed by atoms with Crippen LogP contribution in [0.4, 0.5) is 0 Å². The summed E-state index contributed by atoms with van der Waals surface area (Å²) in [5.41, 5.74) is 0.269. The van der Waals surface area contributed by atoms with Crippen molar-refractivity contribution in [3.8, 4) is 0 Å². The number of amidine groups is 1. The smallest absolute Gasteiger partial charge is 0.157 e. The highest BCUT2D eigenvalue weighted by Crippen LogP contribution is 2.34. The summed E-state index contributed by atoms with van der Waals surface area (Å²) >= 11 is 1.92. The zero-order valence-electron chi connectivity index (χ0n) is 12.3. The second kappa shape index (κ2) is 5.85. The van der Waals surface area contributed by atoms with Gasteiger partial charge in [0.25, 0.3) is 0 Å². The van der Waals surface area contributed by atoms with Crippen molar-refractivity contribution in [3.05, 3.63) is 0 Å². The predicted octanol–water partition coefficient (Wildman–Crippen LogP) is 4.06. The molecule has 18 heavy (non-hydrogen) atoms. The average molecular weight is 268 g/mol. The number of hydrogen-bond acceptors (Lipinski definition) is 2. The van der Waals surface area contributed by atoms with Crippen LogP contribution in [0.5, 0.6) is 0 Å². The normalized spacial score (nSPS) is 39.3. The molecule has 104 valence electrons. The van der Waals surface area contributed by atoms with Gasteiger partial charge in [-0.2, -0.15) is 0 Å². The van der Waals surface area contributed by atoms with Gasteiger partial charge < -0.3 is 5.32 Å². The predicted molar refractivity (Wildman–Crippen MR) is 82.3 cm³/mol. The summed E-state index contributed by atoms with van der Waals surface area (Å²) in [6, 6.07) is 0.563. The Kier molecular flexibility index (Phi) is 4.63. The number of nitrogens with zero attached hydrogens (tertiary/aromatic N) is 1. The molecule has 3 unspecified atom stereocenters. The zero-order chi connectivity index (χ0) is 13.2. The van der Waals surface area contributed by atoms with E-state index in [-0.39, 0.29) is 5.54 Å². The lowest BCUT2D eigenvalue weighted by molar-refractivity contribution is 0.241. The van der Waals surface area contributed by atoms with Crippen LogP contribution in [-0.4, -0.2) is 22.5 Å². The Labute approximate surface area is 116 Å². The molecule has 2 nitrogen and oxygen atoms in total. The van der Waals surface area contributed by atoms with E-state index in [1.165, 1.54) is 43.0 Å². The monoisotopic (exact) mass is 268 g/mol. The largest absolute Gasteiger partial charge is 0.359 e. The number of aliphatic imine (C=N–C) groups is 1. The third-order valence-electron chi connectivity index (χ3n) is 4.64. The highest BCUT2D eigenvalue weighted by atomic mass is 32.2. The first kappa shape index (κ1) is 14.2. The standard InChI is InChI=1S/C15H28N2S/c1-5-15(4)10-18-14(17-15)16-13-9-7-6-8-12(13)11(2)3/h11-13H,5-10H2,1-4H3,(H,16,17). The minimum absolute atomic E-state index is 0.269. The van der Waals surface area contributed by atoms with E-state index in [0.29, 0.717) is 6.04 Å². The van der Waals surface area contributed by atoms with E-state index in [1.54, 1.807) is 0 Å². The van der Waals surface area contributed by atoms with Gasteiger partial charge in [-0.25, -0.2) is 0 Å². The molecular formula is C15H28N2S. The van der Waals surface area contributed by atoms with Crippen LogP contribution < -0.4 is 5.32 Å². The molecule has 2 rings (SSSR count). The van der Waals surface area contributed by atoms with Crippen molar-refractivity contribution >= 4 is 16.9 Å². The molecule has 1 aliphatic carbocycles. The fourth-order valence-electron chi connectivity index (χ4n) is 3.05. The highest BCUT2D eigenvalue weighted by Gasteiger charge is 2.33. The minimum Gasteiger partial charge on any atom is -0.359 e. The van der Waals surface area contributed by atoms with E-state index >= 15 is 0 Å². The maximum atomic E-state index is 5.05. The summed E-state index contributed by atoms with van der Waals surface area (Å²) in [5.74, 6) is 2.73. The number of nitrogens with one attached hydrogen (secondary N) is 1. The van der Waals surface area contributed by atoms with Crippen molar-refractivity contribution in [2.75, 3.05) is 5.75 Å². The van der Waals surface area contributed by atoms with Gasteiger partial charge in [-0.1, -0.05) is 45.4 Å². The first-order valence-corrected chi connectivity index (χ1v) is 8.51. The van der Waals surface area contributed by atoms with Crippen LogP contribution in [0.15, 0.2) is 4.99 Å². The molecule has 2 aliphatic rings. The molecule has 0 aromatic rings. The van der Waals surface area contributed by atoms with Gasteiger partial charge in [0, 0.05) is 11.3 Å². The number of hydrogen-bond donors (Lipinski definition) is 1. The molecule has 1 heterocycles. The van der Waals surface area contributed by atoms with Crippen molar-refractivity contribution in [1.82, 2.24) is 5.32 Å². The van der Waals surface area contributed by atoms with Gasteiger partial charge in [0.2, 0.25) is 0 Å². The second-order valence-electron chi connectivity index (χ2n) is 6.52. The van der Waals surface area contributed by atoms with Crippen molar-refractivity contribution in [2.24, 2.45) is 16.8 Å². The Morgan fingerprint density at radius 3 is 2.72 bits per heavy atom. The van der Waals surface area contributed by atoms with Crippen LogP contribution in [0.25, 0.3) is 0 Å². The first-order valence-electron chi connectivity index (χ1n) is 7.53. The van der Waals surface area contributed by atoms with Gasteiger partial charge >= 0.3 is 0 Å². The van der Waals surface area contributed by atoms with Crippen LogP contribution in [0.3, 0.4) is 0 Å². The molecule has 0 radical (unpaired) electrons. The van der Waals surface area contributed by atoms with E-state index in [4.69, 9.17) is 4.99 Å². The molecule has 1 saturated heterocycles. The molecule has 0 amide bonds. The lowest BCUT2D eigenvalue weighted by Gasteiger charge is -2.32. The van der Waals surface area contributed by atoms with Gasteiger partial charge in [-0.15, -0.1) is 0 Å². The molecule has 3 heteroatoms. The van der Waals surface area contributed by atoms with E-state index in [0.717, 1.165) is 11.8 Å². The van der Waals surface area contributed by atoms with Gasteiger partial charge in [0.1, 0.15) is 0 Å². The quantitative estimate of drug-likeness (QED) is 0.834. The van der Waals surface area contributed by atoms with Crippen LogP contribution in [-0.2, 0) is 0 Å². The molecule has 3 atom stereocenters. The molecule has 1 aliphatic heterocycles. The Hall–Kier alpha value is -0.180. The molecule has 1 N–H and O–H groups in total. The molecule has 0 bridgehead atoms. The summed E-state index contributed by atoms with van der Waals surface area (Å²) in [6.07, 6.45) is 6.60. The summed E-state index contributed by atoms with van der Waals surface area (Å²) < 4.78 is 0. The van der Waals surface area contributed by atoms with Crippen molar-refractivity contribution in [1.29, 1.82) is 0 Å². The fraction of sp³-hybridized carbons (Fsp3) is 0.933. The summed E-state index contributed by atoms with van der Waals surface area (Å²) in [7, 11) is 0. The third-order valence-corrected chi connectivity index (χ3v) is 5.90. The molecule has 0 aromatic carbocycles. The van der Waals surface area contributed by atoms with E-state index in [1.807, 2.05) is 11.8 Å². The lowest BCUT2D eigenvalue weighted by Crippen LogP contribution is -2.40. The van der Waals surface area contributed by atoms with Crippen molar-refractivity contribution < 1.29 is 0 Å². The van der Waals surface area contributed by atoms with Crippen molar-refractivity contribution in [3.63, 3.8) is 0 Å². The average Bonchev–Trinajstić information content (AvgIpc) is 2.72. The van der Waals surface area contributed by atoms with Crippen LogP contribution >= 0.6 is 11.8 Å². The Morgan fingerprint density at radius 2 is 2.11 bits per heavy atom. The Balaban J connectivity index is 2.03. The van der Waals surface area contributed by atoms with Gasteiger partial charge in [0.15, 0.2) is 5.17 Å². The minimum atomic E-state index is 0.269. The van der Waals surface area contributed by atoms with E-state index in [9.17, 15) is 0 Å².